The van der Waals surface area contributed by atoms with Gasteiger partial charge in [-0.25, -0.2) is 4.98 Å². The summed E-state index contributed by atoms with van der Waals surface area (Å²) in [4.78, 5) is 6.61. The molecule has 5 atom stereocenters. The second-order valence-electron chi connectivity index (χ2n) is 9.24. The molecule has 3 aromatic rings. The van der Waals surface area contributed by atoms with Crippen molar-refractivity contribution in [3.05, 3.63) is 59.8 Å². The third-order valence-electron chi connectivity index (χ3n) is 6.91. The van der Waals surface area contributed by atoms with Gasteiger partial charge in [0.1, 0.15) is 17.6 Å². The maximum absolute atomic E-state index is 10.1. The SMILES string of the molecule is CNC[C@H](c1cc(-c2ccc(C#C[C@@H]3[C@H]4CN(CCO)C[C@@H]34)cc2)on1)n1ccnc1[C@H](C)O. The van der Waals surface area contributed by atoms with Crippen molar-refractivity contribution in [3.63, 3.8) is 0 Å². The molecule has 2 aromatic heterocycles. The fourth-order valence-corrected chi connectivity index (χ4v) is 5.07. The van der Waals surface area contributed by atoms with Gasteiger partial charge in [0, 0.05) is 61.7 Å². The fraction of sp³-hybridized carbons (Fsp3) is 0.462. The Balaban J connectivity index is 1.26. The maximum Gasteiger partial charge on any atom is 0.167 e. The third-order valence-corrected chi connectivity index (χ3v) is 6.91. The number of aliphatic hydroxyl groups excluding tert-OH is 2. The van der Waals surface area contributed by atoms with Crippen molar-refractivity contribution in [2.24, 2.45) is 17.8 Å². The van der Waals surface area contributed by atoms with Crippen molar-refractivity contribution >= 4 is 0 Å². The van der Waals surface area contributed by atoms with E-state index in [9.17, 15) is 5.11 Å². The molecule has 2 fully saturated rings. The van der Waals surface area contributed by atoms with Crippen LogP contribution in [-0.2, 0) is 0 Å². The van der Waals surface area contributed by atoms with Gasteiger partial charge in [-0.1, -0.05) is 17.0 Å². The molecule has 1 aliphatic carbocycles. The van der Waals surface area contributed by atoms with Crippen LogP contribution in [0.1, 0.15) is 36.2 Å². The molecule has 0 amide bonds. The van der Waals surface area contributed by atoms with E-state index in [4.69, 9.17) is 9.63 Å². The smallest absolute Gasteiger partial charge is 0.167 e. The van der Waals surface area contributed by atoms with E-state index in [1.807, 2.05) is 48.1 Å². The summed E-state index contributed by atoms with van der Waals surface area (Å²) in [6.45, 7) is 5.45. The molecule has 1 saturated heterocycles. The van der Waals surface area contributed by atoms with Crippen molar-refractivity contribution in [2.45, 2.75) is 19.1 Å². The quantitative estimate of drug-likeness (QED) is 0.441. The Bertz CT molecular complexity index is 1160. The van der Waals surface area contributed by atoms with E-state index in [1.165, 1.54) is 0 Å². The highest BCUT2D eigenvalue weighted by molar-refractivity contribution is 5.59. The lowest BCUT2D eigenvalue weighted by Crippen LogP contribution is -2.27. The van der Waals surface area contributed by atoms with Gasteiger partial charge in [0.05, 0.1) is 12.6 Å². The molecule has 0 radical (unpaired) electrons. The number of rotatable bonds is 8. The van der Waals surface area contributed by atoms with E-state index in [0.717, 1.165) is 36.5 Å². The maximum atomic E-state index is 10.1. The summed E-state index contributed by atoms with van der Waals surface area (Å²) in [5.41, 5.74) is 2.70. The van der Waals surface area contributed by atoms with Gasteiger partial charge in [-0.3, -0.25) is 0 Å². The molecule has 1 aromatic carbocycles. The average molecular weight is 462 g/mol. The minimum Gasteiger partial charge on any atom is -0.395 e. The molecule has 3 N–H and O–H groups in total. The summed E-state index contributed by atoms with van der Waals surface area (Å²) in [5.74, 6) is 9.89. The van der Waals surface area contributed by atoms with Crippen molar-refractivity contribution < 1.29 is 14.7 Å². The van der Waals surface area contributed by atoms with Crippen molar-refractivity contribution in [1.82, 2.24) is 24.9 Å². The summed E-state index contributed by atoms with van der Waals surface area (Å²) in [6.07, 6.45) is 2.86. The number of aliphatic hydroxyl groups is 2. The highest BCUT2D eigenvalue weighted by Crippen LogP contribution is 2.51. The van der Waals surface area contributed by atoms with E-state index < -0.39 is 6.10 Å². The second kappa shape index (κ2) is 9.72. The second-order valence-corrected chi connectivity index (χ2v) is 9.24. The van der Waals surface area contributed by atoms with Crippen LogP contribution in [0.3, 0.4) is 0 Å². The predicted molar refractivity (Wildman–Crippen MR) is 128 cm³/mol. The van der Waals surface area contributed by atoms with Crippen LogP contribution in [0.15, 0.2) is 47.2 Å². The molecule has 0 spiro atoms. The number of hydrogen-bond acceptors (Lipinski definition) is 7. The lowest BCUT2D eigenvalue weighted by atomic mass is 10.1. The van der Waals surface area contributed by atoms with Gasteiger partial charge in [0.25, 0.3) is 0 Å². The summed E-state index contributed by atoms with van der Waals surface area (Å²) in [7, 11) is 1.88. The molecule has 2 aliphatic rings. The Morgan fingerprint density at radius 3 is 2.68 bits per heavy atom. The highest BCUT2D eigenvalue weighted by atomic mass is 16.5. The minimum atomic E-state index is -0.677. The Kier molecular flexibility index (Phi) is 6.53. The molecule has 178 valence electrons. The van der Waals surface area contributed by atoms with Gasteiger partial charge < -0.3 is 29.5 Å². The molecular weight excluding hydrogens is 430 g/mol. The number of hydrogen-bond donors (Lipinski definition) is 3. The molecule has 8 nitrogen and oxygen atoms in total. The van der Waals surface area contributed by atoms with Crippen molar-refractivity contribution in [3.8, 4) is 23.2 Å². The first-order valence-electron chi connectivity index (χ1n) is 11.9. The first-order valence-corrected chi connectivity index (χ1v) is 11.9. The molecule has 0 bridgehead atoms. The van der Waals surface area contributed by atoms with Crippen LogP contribution in [0.2, 0.25) is 0 Å². The van der Waals surface area contributed by atoms with Gasteiger partial charge in [0.15, 0.2) is 5.76 Å². The number of benzene rings is 1. The number of imidazole rings is 1. The number of nitrogens with one attached hydrogen (secondary N) is 1. The van der Waals surface area contributed by atoms with Gasteiger partial charge >= 0.3 is 0 Å². The van der Waals surface area contributed by atoms with Gasteiger partial charge in [-0.15, -0.1) is 0 Å². The van der Waals surface area contributed by atoms with Gasteiger partial charge in [-0.05, 0) is 50.1 Å². The van der Waals surface area contributed by atoms with Crippen LogP contribution >= 0.6 is 0 Å². The Hall–Kier alpha value is -2.96. The van der Waals surface area contributed by atoms with Crippen LogP contribution in [0.25, 0.3) is 11.3 Å². The van der Waals surface area contributed by atoms with Crippen molar-refractivity contribution in [2.75, 3.05) is 39.8 Å². The first-order chi connectivity index (χ1) is 16.6. The highest BCUT2D eigenvalue weighted by Gasteiger charge is 2.54. The zero-order valence-electron chi connectivity index (χ0n) is 19.6. The molecule has 0 unspecified atom stereocenters. The zero-order valence-corrected chi connectivity index (χ0v) is 19.6. The Labute approximate surface area is 199 Å². The fourth-order valence-electron chi connectivity index (χ4n) is 5.07. The van der Waals surface area contributed by atoms with E-state index in [0.29, 0.717) is 35.9 Å². The van der Waals surface area contributed by atoms with Crippen LogP contribution in [0.5, 0.6) is 0 Å². The number of aromatic nitrogens is 3. The first kappa shape index (κ1) is 22.8. The number of likely N-dealkylation sites (tertiary alicyclic amines) is 1. The molecule has 34 heavy (non-hydrogen) atoms. The standard InChI is InChI=1S/C26H31N5O3/c1-17(33)26-28-9-10-31(26)24(14-27-2)23-13-25(34-29-23)19-6-3-18(4-7-19)5-8-20-21-15-30(11-12-32)16-22(20)21/h3-4,6-7,9-10,13,17,20-22,24,27,32-33H,11-12,14-16H2,1-2H3/t17-,20-,21-,22+,24+/m0/s1. The Morgan fingerprint density at radius 1 is 1.24 bits per heavy atom. The molecule has 1 aliphatic heterocycles. The molecule has 8 heteroatoms. The predicted octanol–water partition coefficient (Wildman–Crippen LogP) is 1.92. The number of likely N-dealkylation sites (N-methyl/N-ethyl adjacent to an activating group) is 1. The van der Waals surface area contributed by atoms with E-state index in [2.05, 4.69) is 32.2 Å². The number of fused-ring (bicyclic) bond motifs is 1. The van der Waals surface area contributed by atoms with Crippen molar-refractivity contribution in [1.29, 1.82) is 0 Å². The van der Waals surface area contributed by atoms with Crippen LogP contribution in [0.4, 0.5) is 0 Å². The third kappa shape index (κ3) is 4.52. The number of nitrogens with zero attached hydrogens (tertiary/aromatic N) is 4. The molecule has 5 rings (SSSR count). The van der Waals surface area contributed by atoms with Gasteiger partial charge in [-0.2, -0.15) is 0 Å². The molecule has 3 heterocycles. The minimum absolute atomic E-state index is 0.147. The lowest BCUT2D eigenvalue weighted by Gasteiger charge is -2.19. The van der Waals surface area contributed by atoms with E-state index in [-0.39, 0.29) is 12.6 Å². The largest absolute Gasteiger partial charge is 0.395 e. The summed E-state index contributed by atoms with van der Waals surface area (Å²) in [6, 6.07) is 9.86. The number of piperidine rings is 1. The monoisotopic (exact) mass is 461 g/mol. The summed E-state index contributed by atoms with van der Waals surface area (Å²) >= 11 is 0. The van der Waals surface area contributed by atoms with Crippen LogP contribution in [-0.4, -0.2) is 69.7 Å². The topological polar surface area (TPSA) is 99.6 Å². The lowest BCUT2D eigenvalue weighted by molar-refractivity contribution is 0.181. The zero-order chi connectivity index (χ0) is 23.7. The van der Waals surface area contributed by atoms with Crippen LogP contribution in [0, 0.1) is 29.6 Å². The van der Waals surface area contributed by atoms with Gasteiger partial charge in [0.2, 0.25) is 0 Å². The normalized spacial score (nSPS) is 23.2. The molecular formula is C26H31N5O3. The van der Waals surface area contributed by atoms with E-state index >= 15 is 0 Å². The summed E-state index contributed by atoms with van der Waals surface area (Å²) in [5, 5.41) is 26.6. The van der Waals surface area contributed by atoms with E-state index in [1.54, 1.807) is 13.1 Å². The Morgan fingerprint density at radius 2 is 2.00 bits per heavy atom. The number of β-amino-alcohol motifs (C(OH)–C–C–N with tert-alkyl or cyclic N) is 1. The molecule has 1 saturated carbocycles. The average Bonchev–Trinajstić information content (AvgIpc) is 3.35. The summed E-state index contributed by atoms with van der Waals surface area (Å²) < 4.78 is 7.60. The van der Waals surface area contributed by atoms with Crippen LogP contribution < -0.4 is 5.32 Å².